The number of benzene rings is 1. The van der Waals surface area contributed by atoms with Gasteiger partial charge >= 0.3 is 0 Å². The predicted octanol–water partition coefficient (Wildman–Crippen LogP) is 1.61. The van der Waals surface area contributed by atoms with Crippen molar-refractivity contribution >= 4 is 21.8 Å². The van der Waals surface area contributed by atoms with Crippen LogP contribution in [0.5, 0.6) is 0 Å². The number of nitrogens with zero attached hydrogens (tertiary/aromatic N) is 1. The molecule has 1 aromatic rings. The van der Waals surface area contributed by atoms with Crippen molar-refractivity contribution in [2.75, 3.05) is 13.2 Å². The van der Waals surface area contributed by atoms with E-state index in [1.165, 1.54) is 0 Å². The Balaban J connectivity index is 1.95. The Morgan fingerprint density at radius 3 is 2.88 bits per heavy atom. The standard InChI is InChI=1S/C12H11BrN2O2/c13-10-3-1-2-9(4-10)5-15-11(16)12(6-14)7-17-8-12/h1-4H,5,7-8H2,(H,15,16). The summed E-state index contributed by atoms with van der Waals surface area (Å²) < 4.78 is 5.89. The quantitative estimate of drug-likeness (QED) is 0.921. The van der Waals surface area contributed by atoms with Gasteiger partial charge in [0, 0.05) is 11.0 Å². The summed E-state index contributed by atoms with van der Waals surface area (Å²) in [6, 6.07) is 9.68. The first-order chi connectivity index (χ1) is 8.16. The molecule has 0 bridgehead atoms. The lowest BCUT2D eigenvalue weighted by atomic mass is 9.87. The third-order valence-electron chi connectivity index (χ3n) is 2.69. The molecule has 1 fully saturated rings. The van der Waals surface area contributed by atoms with Gasteiger partial charge in [-0.1, -0.05) is 28.1 Å². The van der Waals surface area contributed by atoms with Crippen molar-refractivity contribution in [1.82, 2.24) is 5.32 Å². The number of hydrogen-bond donors (Lipinski definition) is 1. The number of carbonyl (C=O) groups excluding carboxylic acids is 1. The van der Waals surface area contributed by atoms with Gasteiger partial charge < -0.3 is 10.1 Å². The molecule has 0 radical (unpaired) electrons. The predicted molar refractivity (Wildman–Crippen MR) is 64.9 cm³/mol. The van der Waals surface area contributed by atoms with E-state index < -0.39 is 5.41 Å². The summed E-state index contributed by atoms with van der Waals surface area (Å²) in [6.45, 7) is 0.795. The Hall–Kier alpha value is -1.38. The maximum Gasteiger partial charge on any atom is 0.245 e. The lowest BCUT2D eigenvalue weighted by Gasteiger charge is -2.33. The average molecular weight is 295 g/mol. The Bertz CT molecular complexity index is 478. The van der Waals surface area contributed by atoms with E-state index in [1.54, 1.807) is 0 Å². The first-order valence-corrected chi connectivity index (χ1v) is 5.97. The fraction of sp³-hybridized carbons (Fsp3) is 0.333. The van der Waals surface area contributed by atoms with Crippen molar-refractivity contribution < 1.29 is 9.53 Å². The van der Waals surface area contributed by atoms with Crippen LogP contribution in [0.15, 0.2) is 28.7 Å². The molecule has 1 amide bonds. The van der Waals surface area contributed by atoms with Crippen molar-refractivity contribution in [3.05, 3.63) is 34.3 Å². The largest absolute Gasteiger partial charge is 0.377 e. The SMILES string of the molecule is N#CC1(C(=O)NCc2cccc(Br)c2)COC1. The normalized spacial score (nSPS) is 16.7. The molecule has 0 aromatic heterocycles. The summed E-state index contributed by atoms with van der Waals surface area (Å²) >= 11 is 3.36. The minimum absolute atomic E-state index is 0.188. The van der Waals surface area contributed by atoms with Gasteiger partial charge in [0.2, 0.25) is 5.91 Å². The molecule has 0 saturated carbocycles. The topological polar surface area (TPSA) is 62.1 Å². The van der Waals surface area contributed by atoms with Crippen molar-refractivity contribution in [1.29, 1.82) is 5.26 Å². The number of hydrogen-bond acceptors (Lipinski definition) is 3. The molecule has 1 heterocycles. The number of ether oxygens (including phenoxy) is 1. The average Bonchev–Trinajstić information content (AvgIpc) is 2.26. The van der Waals surface area contributed by atoms with E-state index in [1.807, 2.05) is 30.3 Å². The second-order valence-corrected chi connectivity index (χ2v) is 4.91. The van der Waals surface area contributed by atoms with Crippen LogP contribution < -0.4 is 5.32 Å². The lowest BCUT2D eigenvalue weighted by molar-refractivity contribution is -0.150. The minimum atomic E-state index is -0.980. The minimum Gasteiger partial charge on any atom is -0.377 e. The number of rotatable bonds is 3. The zero-order valence-corrected chi connectivity index (χ0v) is 10.7. The Morgan fingerprint density at radius 2 is 2.35 bits per heavy atom. The van der Waals surface area contributed by atoms with Crippen LogP contribution >= 0.6 is 15.9 Å². The van der Waals surface area contributed by atoms with Crippen LogP contribution in [0.1, 0.15) is 5.56 Å². The second-order valence-electron chi connectivity index (χ2n) is 4.00. The number of nitriles is 1. The van der Waals surface area contributed by atoms with Gasteiger partial charge in [0.1, 0.15) is 0 Å². The number of nitrogens with one attached hydrogen (secondary N) is 1. The number of halogens is 1. The fourth-order valence-electron chi connectivity index (χ4n) is 1.55. The third kappa shape index (κ3) is 2.48. The van der Waals surface area contributed by atoms with E-state index in [0.717, 1.165) is 10.0 Å². The highest BCUT2D eigenvalue weighted by Gasteiger charge is 2.46. The molecule has 88 valence electrons. The van der Waals surface area contributed by atoms with E-state index in [0.29, 0.717) is 6.54 Å². The Labute approximate surface area is 108 Å². The molecular formula is C12H11BrN2O2. The molecule has 5 heteroatoms. The second kappa shape index (κ2) is 4.86. The summed E-state index contributed by atoms with van der Waals surface area (Å²) in [4.78, 5) is 11.8. The van der Waals surface area contributed by atoms with Crippen molar-refractivity contribution in [3.63, 3.8) is 0 Å². The van der Waals surface area contributed by atoms with E-state index in [2.05, 4.69) is 21.2 Å². The van der Waals surface area contributed by atoms with Gasteiger partial charge in [-0.15, -0.1) is 0 Å². The number of amides is 1. The molecule has 0 aliphatic carbocycles. The maximum absolute atomic E-state index is 11.8. The van der Waals surface area contributed by atoms with E-state index >= 15 is 0 Å². The van der Waals surface area contributed by atoms with Gasteiger partial charge in [0.05, 0.1) is 19.3 Å². The summed E-state index contributed by atoms with van der Waals surface area (Å²) in [5.74, 6) is -0.258. The van der Waals surface area contributed by atoms with Crippen LogP contribution in [0, 0.1) is 16.7 Å². The summed E-state index contributed by atoms with van der Waals surface area (Å²) in [5, 5.41) is 11.7. The van der Waals surface area contributed by atoms with Gasteiger partial charge in [0.15, 0.2) is 5.41 Å². The summed E-state index contributed by atoms with van der Waals surface area (Å²) in [5.41, 5.74) is 0.00694. The van der Waals surface area contributed by atoms with E-state index in [-0.39, 0.29) is 19.1 Å². The zero-order chi connectivity index (χ0) is 12.3. The Morgan fingerprint density at radius 1 is 1.59 bits per heavy atom. The first-order valence-electron chi connectivity index (χ1n) is 5.18. The first kappa shape index (κ1) is 12.1. The van der Waals surface area contributed by atoms with Crippen molar-refractivity contribution in [2.45, 2.75) is 6.54 Å². The van der Waals surface area contributed by atoms with E-state index in [9.17, 15) is 4.79 Å². The molecule has 0 atom stereocenters. The molecule has 2 rings (SSSR count). The third-order valence-corrected chi connectivity index (χ3v) is 3.18. The molecular weight excluding hydrogens is 284 g/mol. The molecule has 1 N–H and O–H groups in total. The van der Waals surface area contributed by atoms with Gasteiger partial charge in [-0.2, -0.15) is 5.26 Å². The van der Waals surface area contributed by atoms with Gasteiger partial charge in [-0.3, -0.25) is 4.79 Å². The van der Waals surface area contributed by atoms with Crippen molar-refractivity contribution in [2.24, 2.45) is 5.41 Å². The van der Waals surface area contributed by atoms with Gasteiger partial charge in [-0.25, -0.2) is 0 Å². The summed E-state index contributed by atoms with van der Waals surface area (Å²) in [7, 11) is 0. The molecule has 1 aliphatic rings. The Kier molecular flexibility index (Phi) is 3.46. The van der Waals surface area contributed by atoms with Gasteiger partial charge in [0.25, 0.3) is 0 Å². The zero-order valence-electron chi connectivity index (χ0n) is 9.07. The number of carbonyl (C=O) groups is 1. The highest BCUT2D eigenvalue weighted by Crippen LogP contribution is 2.26. The van der Waals surface area contributed by atoms with Crippen LogP contribution in [0.4, 0.5) is 0 Å². The van der Waals surface area contributed by atoms with Crippen LogP contribution in [-0.4, -0.2) is 19.1 Å². The van der Waals surface area contributed by atoms with Gasteiger partial charge in [-0.05, 0) is 17.7 Å². The van der Waals surface area contributed by atoms with Crippen LogP contribution in [-0.2, 0) is 16.1 Å². The van der Waals surface area contributed by atoms with Crippen LogP contribution in [0.2, 0.25) is 0 Å². The molecule has 4 nitrogen and oxygen atoms in total. The van der Waals surface area contributed by atoms with Crippen LogP contribution in [0.25, 0.3) is 0 Å². The van der Waals surface area contributed by atoms with Crippen molar-refractivity contribution in [3.8, 4) is 6.07 Å². The summed E-state index contributed by atoms with van der Waals surface area (Å²) in [6.07, 6.45) is 0. The fourth-order valence-corrected chi connectivity index (χ4v) is 2.00. The smallest absolute Gasteiger partial charge is 0.245 e. The monoisotopic (exact) mass is 294 g/mol. The lowest BCUT2D eigenvalue weighted by Crippen LogP contribution is -2.52. The van der Waals surface area contributed by atoms with E-state index in [4.69, 9.17) is 10.00 Å². The molecule has 1 aliphatic heterocycles. The molecule has 0 unspecified atom stereocenters. The molecule has 0 spiro atoms. The van der Waals surface area contributed by atoms with Crippen LogP contribution in [0.3, 0.4) is 0 Å². The highest BCUT2D eigenvalue weighted by molar-refractivity contribution is 9.10. The molecule has 1 aromatic carbocycles. The molecule has 17 heavy (non-hydrogen) atoms. The maximum atomic E-state index is 11.8. The molecule has 1 saturated heterocycles. The highest BCUT2D eigenvalue weighted by atomic mass is 79.9.